The summed E-state index contributed by atoms with van der Waals surface area (Å²) in [6.07, 6.45) is 2.81. The molecular formula is C21H22ClN3O3. The molecule has 7 heteroatoms. The predicted octanol–water partition coefficient (Wildman–Crippen LogP) is 3.76. The molecule has 2 aromatic carbocycles. The lowest BCUT2D eigenvalue weighted by atomic mass is 10.1. The lowest BCUT2D eigenvalue weighted by Gasteiger charge is -2.22. The average Bonchev–Trinajstić information content (AvgIpc) is 3.11. The van der Waals surface area contributed by atoms with Crippen LogP contribution in [0.4, 0.5) is 0 Å². The van der Waals surface area contributed by atoms with Gasteiger partial charge in [0, 0.05) is 24.5 Å². The fourth-order valence-electron chi connectivity index (χ4n) is 2.83. The number of hydrogen-bond acceptors (Lipinski definition) is 4. The normalized spacial score (nSPS) is 12.9. The molecule has 0 radical (unpaired) electrons. The van der Waals surface area contributed by atoms with Gasteiger partial charge in [0.15, 0.2) is 6.10 Å². The summed E-state index contributed by atoms with van der Waals surface area (Å²) >= 11 is 5.98. The lowest BCUT2D eigenvalue weighted by molar-refractivity contribution is -0.127. The number of aromatic nitrogens is 2. The summed E-state index contributed by atoms with van der Waals surface area (Å²) in [5.41, 5.74) is 0.858. The first-order valence-corrected chi connectivity index (χ1v) is 9.19. The summed E-state index contributed by atoms with van der Waals surface area (Å²) in [7, 11) is 3.49. The molecule has 28 heavy (non-hydrogen) atoms. The molecule has 3 rings (SSSR count). The quantitative estimate of drug-likeness (QED) is 0.657. The molecule has 1 heterocycles. The first-order valence-electron chi connectivity index (χ1n) is 8.81. The zero-order chi connectivity index (χ0) is 20.1. The molecule has 0 fully saturated rings. The van der Waals surface area contributed by atoms with Gasteiger partial charge in [0.05, 0.1) is 7.11 Å². The van der Waals surface area contributed by atoms with E-state index in [1.807, 2.05) is 42.1 Å². The van der Waals surface area contributed by atoms with E-state index >= 15 is 0 Å². The van der Waals surface area contributed by atoms with Gasteiger partial charge in [-0.2, -0.15) is 0 Å². The third kappa shape index (κ3) is 4.64. The molecular weight excluding hydrogens is 378 g/mol. The van der Waals surface area contributed by atoms with E-state index in [1.54, 1.807) is 44.5 Å². The molecule has 0 spiro atoms. The number of aryl methyl sites for hydroxylation is 1. The van der Waals surface area contributed by atoms with Crippen molar-refractivity contribution in [1.29, 1.82) is 0 Å². The molecule has 0 saturated carbocycles. The van der Waals surface area contributed by atoms with Crippen molar-refractivity contribution in [3.8, 4) is 11.5 Å². The molecule has 6 nitrogen and oxygen atoms in total. The summed E-state index contributed by atoms with van der Waals surface area (Å²) in [6.45, 7) is 1.69. The first-order chi connectivity index (χ1) is 13.5. The number of carbonyl (C=O) groups excluding carboxylic acids is 1. The van der Waals surface area contributed by atoms with Gasteiger partial charge in [-0.15, -0.1) is 0 Å². The Balaban J connectivity index is 1.82. The van der Waals surface area contributed by atoms with E-state index in [0.29, 0.717) is 22.3 Å². The van der Waals surface area contributed by atoms with Crippen LogP contribution in [0.2, 0.25) is 5.02 Å². The highest BCUT2D eigenvalue weighted by Gasteiger charge is 2.24. The molecule has 1 amide bonds. The molecule has 0 saturated heterocycles. The second kappa shape index (κ2) is 8.80. The Morgan fingerprint density at radius 2 is 1.93 bits per heavy atom. The number of amides is 1. The van der Waals surface area contributed by atoms with Gasteiger partial charge in [-0.25, -0.2) is 4.98 Å². The van der Waals surface area contributed by atoms with Gasteiger partial charge < -0.3 is 19.4 Å². The summed E-state index contributed by atoms with van der Waals surface area (Å²) in [5.74, 6) is 1.67. The van der Waals surface area contributed by atoms with Crippen molar-refractivity contribution in [2.24, 2.45) is 7.05 Å². The van der Waals surface area contributed by atoms with Crippen LogP contribution in [0.25, 0.3) is 0 Å². The maximum Gasteiger partial charge on any atom is 0.261 e. The van der Waals surface area contributed by atoms with Crippen LogP contribution in [0.15, 0.2) is 60.9 Å². The van der Waals surface area contributed by atoms with E-state index in [9.17, 15) is 4.79 Å². The molecule has 1 aromatic heterocycles. The van der Waals surface area contributed by atoms with Crippen LogP contribution >= 0.6 is 11.6 Å². The fourth-order valence-corrected chi connectivity index (χ4v) is 3.01. The Morgan fingerprint density at radius 3 is 2.61 bits per heavy atom. The summed E-state index contributed by atoms with van der Waals surface area (Å²) in [5, 5.41) is 3.58. The van der Waals surface area contributed by atoms with Crippen LogP contribution in [0.3, 0.4) is 0 Å². The second-order valence-corrected chi connectivity index (χ2v) is 6.77. The van der Waals surface area contributed by atoms with Crippen molar-refractivity contribution in [3.05, 3.63) is 77.3 Å². The number of nitrogens with zero attached hydrogens (tertiary/aromatic N) is 2. The third-order valence-electron chi connectivity index (χ3n) is 4.31. The number of carbonyl (C=O) groups is 1. The third-order valence-corrected chi connectivity index (χ3v) is 4.54. The predicted molar refractivity (Wildman–Crippen MR) is 108 cm³/mol. The smallest absolute Gasteiger partial charge is 0.261 e. The number of methoxy groups -OCH3 is 1. The van der Waals surface area contributed by atoms with Crippen molar-refractivity contribution in [2.75, 3.05) is 7.11 Å². The zero-order valence-electron chi connectivity index (χ0n) is 15.9. The monoisotopic (exact) mass is 399 g/mol. The van der Waals surface area contributed by atoms with E-state index in [4.69, 9.17) is 21.1 Å². The fraction of sp³-hybridized carbons (Fsp3) is 0.238. The highest BCUT2D eigenvalue weighted by atomic mass is 35.5. The van der Waals surface area contributed by atoms with Crippen LogP contribution in [0.5, 0.6) is 11.5 Å². The molecule has 146 valence electrons. The minimum atomic E-state index is -0.716. The number of nitrogens with one attached hydrogen (secondary N) is 1. The topological polar surface area (TPSA) is 65.4 Å². The van der Waals surface area contributed by atoms with Crippen LogP contribution in [-0.2, 0) is 11.8 Å². The maximum absolute atomic E-state index is 12.8. The molecule has 0 aliphatic rings. The number of hydrogen-bond donors (Lipinski definition) is 1. The highest BCUT2D eigenvalue weighted by molar-refractivity contribution is 6.30. The minimum absolute atomic E-state index is 0.268. The molecule has 2 unspecified atom stereocenters. The first kappa shape index (κ1) is 19.8. The van der Waals surface area contributed by atoms with Crippen molar-refractivity contribution in [3.63, 3.8) is 0 Å². The number of rotatable bonds is 7. The number of halogens is 1. The molecule has 0 aliphatic carbocycles. The van der Waals surface area contributed by atoms with E-state index in [1.165, 1.54) is 0 Å². The Morgan fingerprint density at radius 1 is 1.18 bits per heavy atom. The Kier molecular flexibility index (Phi) is 6.21. The molecule has 1 N–H and O–H groups in total. The van der Waals surface area contributed by atoms with Crippen molar-refractivity contribution in [2.45, 2.75) is 19.1 Å². The number of ether oxygens (including phenoxy) is 2. The van der Waals surface area contributed by atoms with Gasteiger partial charge in [-0.1, -0.05) is 29.8 Å². The standard InChI is InChI=1S/C21H22ClN3O3/c1-14(28-18-9-5-7-16(22)13-18)21(26)24-19(20-23-10-11-25(20)2)15-6-4-8-17(12-15)27-3/h4-14,19H,1-3H3,(H,24,26). The van der Waals surface area contributed by atoms with Crippen LogP contribution in [0, 0.1) is 0 Å². The molecule has 0 aliphatic heterocycles. The second-order valence-electron chi connectivity index (χ2n) is 6.33. The summed E-state index contributed by atoms with van der Waals surface area (Å²) in [6, 6.07) is 14.0. The molecule has 2 atom stereocenters. The summed E-state index contributed by atoms with van der Waals surface area (Å²) < 4.78 is 12.9. The number of benzene rings is 2. The van der Waals surface area contributed by atoms with Gasteiger partial charge in [0.2, 0.25) is 0 Å². The van der Waals surface area contributed by atoms with Crippen LogP contribution < -0.4 is 14.8 Å². The Bertz CT molecular complexity index is 957. The van der Waals surface area contributed by atoms with Crippen molar-refractivity contribution >= 4 is 17.5 Å². The van der Waals surface area contributed by atoms with E-state index in [-0.39, 0.29) is 5.91 Å². The Labute approximate surface area is 169 Å². The van der Waals surface area contributed by atoms with Crippen molar-refractivity contribution < 1.29 is 14.3 Å². The minimum Gasteiger partial charge on any atom is -0.497 e. The maximum atomic E-state index is 12.8. The Hall–Kier alpha value is -2.99. The number of imidazole rings is 1. The van der Waals surface area contributed by atoms with Gasteiger partial charge in [0.25, 0.3) is 5.91 Å². The highest BCUT2D eigenvalue weighted by Crippen LogP contribution is 2.25. The van der Waals surface area contributed by atoms with Gasteiger partial charge in [-0.3, -0.25) is 4.79 Å². The van der Waals surface area contributed by atoms with Gasteiger partial charge in [0.1, 0.15) is 23.4 Å². The van der Waals surface area contributed by atoms with E-state index in [0.717, 1.165) is 5.56 Å². The van der Waals surface area contributed by atoms with Gasteiger partial charge in [-0.05, 0) is 42.8 Å². The lowest BCUT2D eigenvalue weighted by Crippen LogP contribution is -2.39. The zero-order valence-corrected chi connectivity index (χ0v) is 16.7. The molecule has 3 aromatic rings. The van der Waals surface area contributed by atoms with Crippen molar-refractivity contribution in [1.82, 2.24) is 14.9 Å². The van der Waals surface area contributed by atoms with Crippen LogP contribution in [0.1, 0.15) is 24.4 Å². The van der Waals surface area contributed by atoms with Gasteiger partial charge >= 0.3 is 0 Å². The van der Waals surface area contributed by atoms with E-state index in [2.05, 4.69) is 10.3 Å². The van der Waals surface area contributed by atoms with E-state index < -0.39 is 12.1 Å². The molecule has 0 bridgehead atoms. The van der Waals surface area contributed by atoms with Crippen LogP contribution in [-0.4, -0.2) is 28.7 Å². The summed E-state index contributed by atoms with van der Waals surface area (Å²) in [4.78, 5) is 17.2. The largest absolute Gasteiger partial charge is 0.497 e. The average molecular weight is 400 g/mol. The SMILES string of the molecule is COc1cccc(C(NC(=O)C(C)Oc2cccc(Cl)c2)c2nccn2C)c1.